The Kier molecular flexibility index (Phi) is 7.87. The molecule has 198 valence electrons. The van der Waals surface area contributed by atoms with Crippen molar-refractivity contribution >= 4 is 23.2 Å². The molecule has 0 saturated heterocycles. The average molecular weight is 522 g/mol. The Labute approximate surface area is 227 Å². The first-order valence-corrected chi connectivity index (χ1v) is 13.2. The van der Waals surface area contributed by atoms with Crippen LogP contribution in [0.4, 0.5) is 5.69 Å². The zero-order chi connectivity index (χ0) is 27.2. The van der Waals surface area contributed by atoms with E-state index < -0.39 is 5.92 Å². The van der Waals surface area contributed by atoms with Crippen LogP contribution in [-0.2, 0) is 11.2 Å². The minimum absolute atomic E-state index is 0.221. The van der Waals surface area contributed by atoms with Crippen LogP contribution in [0.15, 0.2) is 94.4 Å². The molecule has 0 unspecified atom stereocenters. The van der Waals surface area contributed by atoms with Gasteiger partial charge in [-0.15, -0.1) is 0 Å². The van der Waals surface area contributed by atoms with Crippen LogP contribution >= 0.6 is 0 Å². The van der Waals surface area contributed by atoms with Gasteiger partial charge in [-0.05, 0) is 62.1 Å². The molecule has 2 amide bonds. The van der Waals surface area contributed by atoms with Crippen molar-refractivity contribution in [3.63, 3.8) is 0 Å². The van der Waals surface area contributed by atoms with E-state index in [-0.39, 0.29) is 17.6 Å². The third-order valence-electron chi connectivity index (χ3n) is 6.78. The smallest absolute Gasteiger partial charge is 0.291 e. The molecule has 0 aliphatic heterocycles. The van der Waals surface area contributed by atoms with Crippen LogP contribution in [0.5, 0.6) is 5.75 Å². The Hall–Kier alpha value is -4.65. The number of hydrogen-bond acceptors (Lipinski definition) is 5. The van der Waals surface area contributed by atoms with E-state index in [4.69, 9.17) is 9.15 Å². The van der Waals surface area contributed by atoms with Crippen molar-refractivity contribution in [2.24, 2.45) is 5.10 Å². The Bertz CT molecular complexity index is 1440. The molecule has 7 nitrogen and oxygen atoms in total. The van der Waals surface area contributed by atoms with Gasteiger partial charge >= 0.3 is 0 Å². The Morgan fingerprint density at radius 1 is 0.923 bits per heavy atom. The molecule has 0 radical (unpaired) electrons. The van der Waals surface area contributed by atoms with E-state index in [0.29, 0.717) is 42.2 Å². The van der Waals surface area contributed by atoms with Crippen LogP contribution in [0.3, 0.4) is 0 Å². The molecule has 3 aromatic carbocycles. The van der Waals surface area contributed by atoms with E-state index in [9.17, 15) is 9.59 Å². The van der Waals surface area contributed by atoms with Crippen LogP contribution < -0.4 is 15.5 Å². The lowest BCUT2D eigenvalue weighted by Gasteiger charge is -2.18. The number of carbonyl (C=O) groups is 2. The molecule has 0 fully saturated rings. The fourth-order valence-corrected chi connectivity index (χ4v) is 4.96. The van der Waals surface area contributed by atoms with Gasteiger partial charge in [-0.1, -0.05) is 60.7 Å². The second-order valence-electron chi connectivity index (χ2n) is 9.41. The van der Waals surface area contributed by atoms with Gasteiger partial charge in [0.1, 0.15) is 11.5 Å². The van der Waals surface area contributed by atoms with Crippen molar-refractivity contribution in [2.45, 2.75) is 39.0 Å². The maximum atomic E-state index is 13.5. The third kappa shape index (κ3) is 5.77. The van der Waals surface area contributed by atoms with Crippen molar-refractivity contribution in [1.82, 2.24) is 5.43 Å². The predicted molar refractivity (Wildman–Crippen MR) is 151 cm³/mol. The normalized spacial score (nSPS) is 13.7. The van der Waals surface area contributed by atoms with Gasteiger partial charge in [0.15, 0.2) is 5.76 Å². The second kappa shape index (κ2) is 11.8. The van der Waals surface area contributed by atoms with Crippen molar-refractivity contribution in [3.05, 3.63) is 119 Å². The highest BCUT2D eigenvalue weighted by Crippen LogP contribution is 2.31. The summed E-state index contributed by atoms with van der Waals surface area (Å²) in [5, 5.41) is 7.45. The number of furan rings is 1. The van der Waals surface area contributed by atoms with Crippen molar-refractivity contribution < 1.29 is 18.7 Å². The van der Waals surface area contributed by atoms with Crippen molar-refractivity contribution in [2.75, 3.05) is 11.9 Å². The van der Waals surface area contributed by atoms with Gasteiger partial charge < -0.3 is 14.5 Å². The van der Waals surface area contributed by atoms with Crippen LogP contribution in [0.2, 0.25) is 0 Å². The number of rotatable bonds is 8. The number of nitrogens with one attached hydrogen (secondary N) is 2. The molecule has 1 heterocycles. The van der Waals surface area contributed by atoms with Gasteiger partial charge in [0, 0.05) is 23.2 Å². The molecule has 4 aromatic rings. The molecule has 0 spiro atoms. The summed E-state index contributed by atoms with van der Waals surface area (Å²) in [7, 11) is 0. The minimum atomic E-state index is -0.499. The lowest BCUT2D eigenvalue weighted by Crippen LogP contribution is -2.28. The highest BCUT2D eigenvalue weighted by molar-refractivity contribution is 6.09. The van der Waals surface area contributed by atoms with Crippen LogP contribution in [0.25, 0.3) is 0 Å². The second-order valence-corrected chi connectivity index (χ2v) is 9.41. The lowest BCUT2D eigenvalue weighted by atomic mass is 9.90. The molecule has 0 bridgehead atoms. The first-order chi connectivity index (χ1) is 19.0. The minimum Gasteiger partial charge on any atom is -0.494 e. The Morgan fingerprint density at radius 3 is 2.18 bits per heavy atom. The number of ether oxygens (including phenoxy) is 1. The molecule has 1 aliphatic carbocycles. The number of fused-ring (bicyclic) bond motifs is 1. The fourth-order valence-electron chi connectivity index (χ4n) is 4.96. The SMILES string of the molecule is CCOc1ccc(NC(=O)c2oc3c(c2C)/C(=N/NC(=O)C(c2ccccc2)c2ccccc2)CCC3)cc1. The largest absolute Gasteiger partial charge is 0.494 e. The van der Waals surface area contributed by atoms with Gasteiger partial charge in [-0.2, -0.15) is 5.10 Å². The highest BCUT2D eigenvalue weighted by Gasteiger charge is 2.29. The topological polar surface area (TPSA) is 92.9 Å². The number of carbonyl (C=O) groups excluding carboxylic acids is 2. The Morgan fingerprint density at radius 2 is 1.56 bits per heavy atom. The van der Waals surface area contributed by atoms with Gasteiger partial charge in [0.2, 0.25) is 0 Å². The van der Waals surface area contributed by atoms with Gasteiger partial charge in [-0.3, -0.25) is 9.59 Å². The van der Waals surface area contributed by atoms with Gasteiger partial charge in [0.25, 0.3) is 11.8 Å². The summed E-state index contributed by atoms with van der Waals surface area (Å²) >= 11 is 0. The summed E-state index contributed by atoms with van der Waals surface area (Å²) in [6.45, 7) is 4.35. The third-order valence-corrected chi connectivity index (χ3v) is 6.78. The van der Waals surface area contributed by atoms with Crippen molar-refractivity contribution in [1.29, 1.82) is 0 Å². The monoisotopic (exact) mass is 521 g/mol. The van der Waals surface area contributed by atoms with E-state index in [0.717, 1.165) is 28.9 Å². The summed E-state index contributed by atoms with van der Waals surface area (Å²) in [6.07, 6.45) is 2.19. The maximum absolute atomic E-state index is 13.5. The molecule has 39 heavy (non-hydrogen) atoms. The molecule has 0 atom stereocenters. The van der Waals surface area contributed by atoms with E-state index in [1.165, 1.54) is 0 Å². The number of aryl methyl sites for hydroxylation is 1. The quantitative estimate of drug-likeness (QED) is 0.269. The number of anilines is 1. The maximum Gasteiger partial charge on any atom is 0.291 e. The molecule has 1 aliphatic rings. The summed E-state index contributed by atoms with van der Waals surface area (Å²) in [5.41, 5.74) is 7.45. The van der Waals surface area contributed by atoms with E-state index in [2.05, 4.69) is 15.8 Å². The highest BCUT2D eigenvalue weighted by atomic mass is 16.5. The first-order valence-electron chi connectivity index (χ1n) is 13.2. The van der Waals surface area contributed by atoms with E-state index in [1.54, 1.807) is 12.1 Å². The fraction of sp³-hybridized carbons (Fsp3) is 0.219. The van der Waals surface area contributed by atoms with Crippen LogP contribution in [0.1, 0.15) is 64.3 Å². The summed E-state index contributed by atoms with van der Waals surface area (Å²) in [4.78, 5) is 26.5. The summed E-state index contributed by atoms with van der Waals surface area (Å²) < 4.78 is 11.5. The number of benzene rings is 3. The average Bonchev–Trinajstić information content (AvgIpc) is 3.31. The van der Waals surface area contributed by atoms with E-state index in [1.807, 2.05) is 86.6 Å². The van der Waals surface area contributed by atoms with E-state index >= 15 is 0 Å². The van der Waals surface area contributed by atoms with Gasteiger partial charge in [0.05, 0.1) is 18.2 Å². The number of hydrazone groups is 1. The summed E-state index contributed by atoms with van der Waals surface area (Å²) in [6, 6.07) is 26.5. The molecular formula is C32H31N3O4. The van der Waals surface area contributed by atoms with Crippen LogP contribution in [0, 0.1) is 6.92 Å². The zero-order valence-electron chi connectivity index (χ0n) is 22.1. The molecular weight excluding hydrogens is 490 g/mol. The first kappa shape index (κ1) is 26.0. The van der Waals surface area contributed by atoms with Crippen LogP contribution in [-0.4, -0.2) is 24.1 Å². The molecule has 5 rings (SSSR count). The number of hydrogen-bond donors (Lipinski definition) is 2. The van der Waals surface area contributed by atoms with Crippen molar-refractivity contribution in [3.8, 4) is 5.75 Å². The lowest BCUT2D eigenvalue weighted by molar-refractivity contribution is -0.121. The predicted octanol–water partition coefficient (Wildman–Crippen LogP) is 6.23. The number of amides is 2. The molecule has 1 aromatic heterocycles. The van der Waals surface area contributed by atoms with Gasteiger partial charge in [-0.25, -0.2) is 5.43 Å². The number of nitrogens with zero attached hydrogens (tertiary/aromatic N) is 1. The molecule has 2 N–H and O–H groups in total. The molecule has 0 saturated carbocycles. The standard InChI is InChI=1S/C32H31N3O4/c1-3-38-25-19-17-24(18-20-25)33-32(37)30-21(2)28-26(15-10-16-27(28)39-30)34-35-31(36)29(22-11-6-4-7-12-22)23-13-8-5-9-14-23/h4-9,11-14,17-20,29H,3,10,15-16H2,1-2H3,(H,33,37)(H,35,36)/b34-26+. The summed E-state index contributed by atoms with van der Waals surface area (Å²) in [5.74, 6) is 0.655. The zero-order valence-corrected chi connectivity index (χ0v) is 22.1. The Balaban J connectivity index is 1.37. The molecule has 7 heteroatoms.